The van der Waals surface area contributed by atoms with Gasteiger partial charge in [-0.2, -0.15) is 0 Å². The number of fused-ring (bicyclic) bond motifs is 5. The van der Waals surface area contributed by atoms with Gasteiger partial charge in [0.25, 0.3) is 0 Å². The third-order valence-electron chi connectivity index (χ3n) is 8.32. The number of phenols is 1. The van der Waals surface area contributed by atoms with Crippen molar-refractivity contribution in [3.63, 3.8) is 0 Å². The fourth-order valence-electron chi connectivity index (χ4n) is 6.50. The number of oxime groups is 2. The summed E-state index contributed by atoms with van der Waals surface area (Å²) in [7, 11) is 1.58. The summed E-state index contributed by atoms with van der Waals surface area (Å²) in [5.74, 6) is 1.79. The number of methoxy groups -OCH3 is 1. The zero-order chi connectivity index (χ0) is 23.2. The molecule has 0 radical (unpaired) electrons. The Bertz CT molecular complexity index is 1110. The van der Waals surface area contributed by atoms with Gasteiger partial charge in [0.1, 0.15) is 6.61 Å². The van der Waals surface area contributed by atoms with E-state index in [1.54, 1.807) is 13.2 Å². The third-order valence-corrected chi connectivity index (χ3v) is 8.32. The molecular weight excluding hydrogens is 416 g/mol. The summed E-state index contributed by atoms with van der Waals surface area (Å²) in [5, 5.41) is 28.4. The molecule has 5 rings (SSSR count). The van der Waals surface area contributed by atoms with Crippen molar-refractivity contribution in [1.82, 2.24) is 0 Å². The summed E-state index contributed by atoms with van der Waals surface area (Å²) in [6.07, 6.45) is 4.67. The molecule has 0 aromatic heterocycles. The Morgan fingerprint density at radius 3 is 2.67 bits per heavy atom. The van der Waals surface area contributed by atoms with Gasteiger partial charge in [0, 0.05) is 11.0 Å². The van der Waals surface area contributed by atoms with Gasteiger partial charge in [0.05, 0.1) is 18.5 Å². The van der Waals surface area contributed by atoms with Crippen molar-refractivity contribution in [1.29, 1.82) is 0 Å². The van der Waals surface area contributed by atoms with E-state index in [2.05, 4.69) is 48.4 Å². The number of hydrogen-bond acceptors (Lipinski definition) is 6. The van der Waals surface area contributed by atoms with Gasteiger partial charge in [0.2, 0.25) is 0 Å². The van der Waals surface area contributed by atoms with Crippen LogP contribution in [0.25, 0.3) is 0 Å². The van der Waals surface area contributed by atoms with Crippen LogP contribution in [0.3, 0.4) is 0 Å². The minimum Gasteiger partial charge on any atom is -0.504 e. The van der Waals surface area contributed by atoms with Gasteiger partial charge in [0.15, 0.2) is 11.5 Å². The molecule has 0 unspecified atom stereocenters. The van der Waals surface area contributed by atoms with E-state index in [1.807, 2.05) is 6.07 Å². The molecule has 0 spiro atoms. The van der Waals surface area contributed by atoms with Crippen LogP contribution in [0, 0.1) is 24.2 Å². The first kappa shape index (κ1) is 21.8. The Morgan fingerprint density at radius 1 is 1.15 bits per heavy atom. The number of rotatable bonds is 4. The van der Waals surface area contributed by atoms with Crippen LogP contribution in [0.4, 0.5) is 0 Å². The van der Waals surface area contributed by atoms with Crippen molar-refractivity contribution < 1.29 is 19.9 Å². The molecule has 6 heteroatoms. The summed E-state index contributed by atoms with van der Waals surface area (Å²) < 4.78 is 5.44. The second kappa shape index (κ2) is 8.40. The van der Waals surface area contributed by atoms with Crippen LogP contribution in [-0.2, 0) is 11.4 Å². The predicted octanol–water partition coefficient (Wildman–Crippen LogP) is 5.77. The Labute approximate surface area is 194 Å². The molecule has 2 saturated carbocycles. The van der Waals surface area contributed by atoms with Crippen molar-refractivity contribution in [2.24, 2.45) is 27.6 Å². The second-order valence-electron chi connectivity index (χ2n) is 10.0. The lowest BCUT2D eigenvalue weighted by Gasteiger charge is -2.48. The topological polar surface area (TPSA) is 83.6 Å². The van der Waals surface area contributed by atoms with Crippen LogP contribution in [-0.4, -0.2) is 28.8 Å². The summed E-state index contributed by atoms with van der Waals surface area (Å²) in [4.78, 5) is 5.82. The van der Waals surface area contributed by atoms with Gasteiger partial charge in [-0.05, 0) is 80.0 Å². The largest absolute Gasteiger partial charge is 0.504 e. The summed E-state index contributed by atoms with van der Waals surface area (Å²) in [6.45, 7) is 4.72. The van der Waals surface area contributed by atoms with E-state index in [-0.39, 0.29) is 11.2 Å². The lowest BCUT2D eigenvalue weighted by Crippen LogP contribution is -2.43. The molecule has 3 aliphatic rings. The van der Waals surface area contributed by atoms with Gasteiger partial charge in [-0.25, -0.2) is 0 Å². The zero-order valence-corrected chi connectivity index (χ0v) is 19.5. The minimum atomic E-state index is -0.0672. The summed E-state index contributed by atoms with van der Waals surface area (Å²) in [6, 6.07) is 12.0. The van der Waals surface area contributed by atoms with Gasteiger partial charge in [-0.15, -0.1) is 0 Å². The Morgan fingerprint density at radius 2 is 1.94 bits per heavy atom. The van der Waals surface area contributed by atoms with Crippen molar-refractivity contribution in [2.45, 2.75) is 58.5 Å². The lowest BCUT2D eigenvalue weighted by molar-refractivity contribution is 0.103. The first-order valence-corrected chi connectivity index (χ1v) is 11.8. The molecular formula is C27H32N2O4. The van der Waals surface area contributed by atoms with Crippen molar-refractivity contribution in [3.8, 4) is 11.5 Å². The van der Waals surface area contributed by atoms with Crippen molar-refractivity contribution in [2.75, 3.05) is 7.11 Å². The van der Waals surface area contributed by atoms with E-state index < -0.39 is 0 Å². The molecule has 0 amide bonds. The SMILES string of the molecule is COc1cc2c(cc1O)C(=NOCc1ccc(C)cc1)C[C@@H]1[C@@H]2CC[C@]2(C)C(=NO)CC[C@@H]12. The van der Waals surface area contributed by atoms with E-state index in [0.717, 1.165) is 54.7 Å². The molecule has 0 heterocycles. The fraction of sp³-hybridized carbons (Fsp3) is 0.481. The standard InChI is InChI=1S/C27H32N2O4/c1-16-4-6-17(7-5-16)15-33-29-23-12-20-18(19-14-25(32-3)24(30)13-21(19)23)10-11-27(2)22(20)8-9-26(27)28-31/h4-7,13-14,18,20,22,30-31H,8-12,15H2,1-3H3/t18-,20-,22+,27+/m1/s1. The first-order chi connectivity index (χ1) is 15.9. The highest BCUT2D eigenvalue weighted by Gasteiger charge is 2.54. The fourth-order valence-corrected chi connectivity index (χ4v) is 6.50. The third kappa shape index (κ3) is 3.65. The molecule has 0 bridgehead atoms. The molecule has 2 aromatic carbocycles. The van der Waals surface area contributed by atoms with Gasteiger partial charge in [-0.1, -0.05) is 47.1 Å². The first-order valence-electron chi connectivity index (χ1n) is 11.8. The minimum absolute atomic E-state index is 0.0672. The van der Waals surface area contributed by atoms with Crippen LogP contribution in [0.2, 0.25) is 0 Å². The maximum Gasteiger partial charge on any atom is 0.160 e. The van der Waals surface area contributed by atoms with E-state index in [9.17, 15) is 10.3 Å². The van der Waals surface area contributed by atoms with Crippen LogP contribution < -0.4 is 4.74 Å². The van der Waals surface area contributed by atoms with E-state index in [4.69, 9.17) is 9.57 Å². The van der Waals surface area contributed by atoms with Crippen molar-refractivity contribution >= 4 is 11.4 Å². The molecule has 0 aliphatic heterocycles. The maximum absolute atomic E-state index is 10.5. The Kier molecular flexibility index (Phi) is 5.55. The van der Waals surface area contributed by atoms with Crippen LogP contribution in [0.15, 0.2) is 46.7 Å². The molecule has 2 aromatic rings. The van der Waals surface area contributed by atoms with E-state index >= 15 is 0 Å². The van der Waals surface area contributed by atoms with E-state index in [1.165, 1.54) is 11.1 Å². The number of hydrogen-bond donors (Lipinski definition) is 2. The quantitative estimate of drug-likeness (QED) is 0.459. The molecule has 0 saturated heterocycles. The monoisotopic (exact) mass is 448 g/mol. The van der Waals surface area contributed by atoms with E-state index in [0.29, 0.717) is 30.1 Å². The number of aryl methyl sites for hydroxylation is 1. The molecule has 2 N–H and O–H groups in total. The highest BCUT2D eigenvalue weighted by atomic mass is 16.6. The molecule has 174 valence electrons. The number of nitrogens with zero attached hydrogens (tertiary/aromatic N) is 2. The zero-order valence-electron chi connectivity index (χ0n) is 19.5. The predicted molar refractivity (Wildman–Crippen MR) is 127 cm³/mol. The van der Waals surface area contributed by atoms with Crippen LogP contribution in [0.5, 0.6) is 11.5 Å². The Hall–Kier alpha value is -3.02. The second-order valence-corrected chi connectivity index (χ2v) is 10.0. The summed E-state index contributed by atoms with van der Waals surface area (Å²) in [5.41, 5.74) is 6.16. The molecule has 3 aliphatic carbocycles. The number of phenolic OH excluding ortho intramolecular Hbond substituents is 1. The lowest BCUT2D eigenvalue weighted by atomic mass is 9.55. The van der Waals surface area contributed by atoms with Crippen LogP contribution >= 0.6 is 0 Å². The van der Waals surface area contributed by atoms with Gasteiger partial charge < -0.3 is 19.9 Å². The average Bonchev–Trinajstić information content (AvgIpc) is 3.16. The maximum atomic E-state index is 10.5. The number of ether oxygens (including phenoxy) is 1. The molecule has 4 atom stereocenters. The number of benzene rings is 2. The average molecular weight is 449 g/mol. The highest BCUT2D eigenvalue weighted by Crippen LogP contribution is 2.60. The molecule has 6 nitrogen and oxygen atoms in total. The smallest absolute Gasteiger partial charge is 0.160 e. The van der Waals surface area contributed by atoms with Crippen molar-refractivity contribution in [3.05, 3.63) is 58.7 Å². The normalized spacial score (nSPS) is 30.6. The molecule has 2 fully saturated rings. The van der Waals surface area contributed by atoms with Gasteiger partial charge in [-0.3, -0.25) is 0 Å². The molecule has 33 heavy (non-hydrogen) atoms. The number of aromatic hydroxyl groups is 1. The highest BCUT2D eigenvalue weighted by molar-refractivity contribution is 6.04. The van der Waals surface area contributed by atoms with Crippen LogP contribution in [0.1, 0.15) is 67.2 Å². The summed E-state index contributed by atoms with van der Waals surface area (Å²) >= 11 is 0. The Balaban J connectivity index is 1.50. The van der Waals surface area contributed by atoms with Gasteiger partial charge >= 0.3 is 0 Å².